The van der Waals surface area contributed by atoms with E-state index in [-0.39, 0.29) is 36.8 Å². The Morgan fingerprint density at radius 1 is 1.50 bits per heavy atom. The van der Waals surface area contributed by atoms with Crippen LogP contribution in [-0.2, 0) is 19.1 Å². The summed E-state index contributed by atoms with van der Waals surface area (Å²) in [5.74, 6) is -0.515. The van der Waals surface area contributed by atoms with Crippen molar-refractivity contribution in [3.05, 3.63) is 0 Å². The van der Waals surface area contributed by atoms with E-state index in [0.717, 1.165) is 0 Å². The molecule has 2 unspecified atom stereocenters. The van der Waals surface area contributed by atoms with Crippen molar-refractivity contribution in [3.63, 3.8) is 0 Å². The second-order valence-corrected chi connectivity index (χ2v) is 4.91. The SMILES string of the molecule is COCCN1CC(C(=O)NC(CCO)COC)CC1=O. The molecule has 1 saturated heterocycles. The number of aliphatic hydroxyl groups is 1. The lowest BCUT2D eigenvalue weighted by molar-refractivity contribution is -0.129. The highest BCUT2D eigenvalue weighted by atomic mass is 16.5. The van der Waals surface area contributed by atoms with Crippen molar-refractivity contribution in [1.82, 2.24) is 10.2 Å². The number of likely N-dealkylation sites (tertiary alicyclic amines) is 1. The van der Waals surface area contributed by atoms with Crippen LogP contribution in [0.2, 0.25) is 0 Å². The second-order valence-electron chi connectivity index (χ2n) is 4.91. The molecule has 0 spiro atoms. The summed E-state index contributed by atoms with van der Waals surface area (Å²) in [6.45, 7) is 1.74. The average molecular weight is 288 g/mol. The quantitative estimate of drug-likeness (QED) is 0.568. The standard InChI is InChI=1S/C13H24N2O5/c1-19-6-4-15-8-10(7-12(15)17)13(18)14-11(3-5-16)9-20-2/h10-11,16H,3-9H2,1-2H3,(H,14,18). The summed E-state index contributed by atoms with van der Waals surface area (Å²) < 4.78 is 9.93. The van der Waals surface area contributed by atoms with Gasteiger partial charge >= 0.3 is 0 Å². The predicted molar refractivity (Wildman–Crippen MR) is 72.1 cm³/mol. The van der Waals surface area contributed by atoms with E-state index >= 15 is 0 Å². The molecule has 2 N–H and O–H groups in total. The second kappa shape index (κ2) is 8.89. The van der Waals surface area contributed by atoms with E-state index in [4.69, 9.17) is 14.6 Å². The summed E-state index contributed by atoms with van der Waals surface area (Å²) in [5, 5.41) is 11.8. The molecule has 0 aromatic heterocycles. The molecule has 7 nitrogen and oxygen atoms in total. The van der Waals surface area contributed by atoms with Gasteiger partial charge in [0.05, 0.1) is 25.2 Å². The third-order valence-electron chi connectivity index (χ3n) is 3.34. The Labute approximate surface area is 119 Å². The van der Waals surface area contributed by atoms with E-state index in [2.05, 4.69) is 5.32 Å². The number of hydrogen-bond donors (Lipinski definition) is 2. The van der Waals surface area contributed by atoms with Gasteiger partial charge in [-0.1, -0.05) is 0 Å². The van der Waals surface area contributed by atoms with E-state index in [1.54, 1.807) is 19.1 Å². The van der Waals surface area contributed by atoms with E-state index < -0.39 is 0 Å². The van der Waals surface area contributed by atoms with Gasteiger partial charge in [-0.05, 0) is 6.42 Å². The van der Waals surface area contributed by atoms with Crippen LogP contribution in [0.3, 0.4) is 0 Å². The number of aliphatic hydroxyl groups excluding tert-OH is 1. The maximum absolute atomic E-state index is 12.1. The Kier molecular flexibility index (Phi) is 7.50. The highest BCUT2D eigenvalue weighted by Crippen LogP contribution is 2.17. The molecule has 0 aromatic rings. The van der Waals surface area contributed by atoms with Gasteiger partial charge < -0.3 is 24.8 Å². The zero-order valence-electron chi connectivity index (χ0n) is 12.1. The first-order valence-corrected chi connectivity index (χ1v) is 6.79. The average Bonchev–Trinajstić information content (AvgIpc) is 2.78. The highest BCUT2D eigenvalue weighted by Gasteiger charge is 2.34. The number of carbonyl (C=O) groups excluding carboxylic acids is 2. The zero-order valence-corrected chi connectivity index (χ0v) is 12.1. The third-order valence-corrected chi connectivity index (χ3v) is 3.34. The fourth-order valence-corrected chi connectivity index (χ4v) is 2.24. The van der Waals surface area contributed by atoms with E-state index in [1.807, 2.05) is 0 Å². The molecule has 1 aliphatic rings. The van der Waals surface area contributed by atoms with Gasteiger partial charge in [0.25, 0.3) is 0 Å². The summed E-state index contributed by atoms with van der Waals surface area (Å²) in [6.07, 6.45) is 0.669. The highest BCUT2D eigenvalue weighted by molar-refractivity contribution is 5.89. The largest absolute Gasteiger partial charge is 0.396 e. The smallest absolute Gasteiger partial charge is 0.225 e. The Balaban J connectivity index is 2.45. The lowest BCUT2D eigenvalue weighted by Gasteiger charge is -2.20. The molecule has 7 heteroatoms. The minimum Gasteiger partial charge on any atom is -0.396 e. The summed E-state index contributed by atoms with van der Waals surface area (Å²) in [7, 11) is 3.12. The fraction of sp³-hybridized carbons (Fsp3) is 0.846. The summed E-state index contributed by atoms with van der Waals surface area (Å²) in [6, 6.07) is -0.222. The van der Waals surface area contributed by atoms with Crippen LogP contribution < -0.4 is 5.32 Å². The number of nitrogens with zero attached hydrogens (tertiary/aromatic N) is 1. The fourth-order valence-electron chi connectivity index (χ4n) is 2.24. The number of hydrogen-bond acceptors (Lipinski definition) is 5. The van der Waals surface area contributed by atoms with Crippen LogP contribution in [0.4, 0.5) is 0 Å². The lowest BCUT2D eigenvalue weighted by Crippen LogP contribution is -2.42. The first-order valence-electron chi connectivity index (χ1n) is 6.79. The molecule has 2 atom stereocenters. The van der Waals surface area contributed by atoms with Crippen LogP contribution in [0, 0.1) is 5.92 Å². The minimum absolute atomic E-state index is 0.0160. The molecule has 1 aliphatic heterocycles. The number of amides is 2. The monoisotopic (exact) mass is 288 g/mol. The van der Waals surface area contributed by atoms with Gasteiger partial charge in [0, 0.05) is 40.3 Å². The van der Waals surface area contributed by atoms with Crippen LogP contribution >= 0.6 is 0 Å². The first kappa shape index (κ1) is 16.9. The lowest BCUT2D eigenvalue weighted by atomic mass is 10.1. The molecule has 1 heterocycles. The molecule has 0 saturated carbocycles. The van der Waals surface area contributed by atoms with E-state index in [9.17, 15) is 9.59 Å². The van der Waals surface area contributed by atoms with Gasteiger partial charge in [-0.15, -0.1) is 0 Å². The van der Waals surface area contributed by atoms with Gasteiger partial charge in [0.2, 0.25) is 11.8 Å². The number of ether oxygens (including phenoxy) is 2. The van der Waals surface area contributed by atoms with Crippen LogP contribution in [0.5, 0.6) is 0 Å². The van der Waals surface area contributed by atoms with Crippen molar-refractivity contribution in [3.8, 4) is 0 Å². The molecule has 0 aliphatic carbocycles. The van der Waals surface area contributed by atoms with Crippen molar-refractivity contribution < 1.29 is 24.2 Å². The van der Waals surface area contributed by atoms with Crippen LogP contribution in [0.25, 0.3) is 0 Å². The molecule has 0 aromatic carbocycles. The number of nitrogens with one attached hydrogen (secondary N) is 1. The van der Waals surface area contributed by atoms with Gasteiger partial charge in [0.15, 0.2) is 0 Å². The van der Waals surface area contributed by atoms with E-state index in [0.29, 0.717) is 32.7 Å². The number of carbonyl (C=O) groups is 2. The van der Waals surface area contributed by atoms with Gasteiger partial charge in [-0.3, -0.25) is 9.59 Å². The molecule has 1 fully saturated rings. The third kappa shape index (κ3) is 5.07. The molecule has 0 radical (unpaired) electrons. The van der Waals surface area contributed by atoms with E-state index in [1.165, 1.54) is 0 Å². The molecular formula is C13H24N2O5. The molecule has 1 rings (SSSR count). The van der Waals surface area contributed by atoms with Gasteiger partial charge in [-0.25, -0.2) is 0 Å². The molecule has 116 valence electrons. The van der Waals surface area contributed by atoms with Crippen molar-refractivity contribution in [2.45, 2.75) is 18.9 Å². The first-order chi connectivity index (χ1) is 9.62. The van der Waals surface area contributed by atoms with Crippen molar-refractivity contribution in [1.29, 1.82) is 0 Å². The minimum atomic E-state index is -0.336. The number of rotatable bonds is 9. The van der Waals surface area contributed by atoms with Crippen molar-refractivity contribution in [2.75, 3.05) is 47.1 Å². The van der Waals surface area contributed by atoms with Gasteiger partial charge in [0.1, 0.15) is 0 Å². The molecule has 0 bridgehead atoms. The van der Waals surface area contributed by atoms with Crippen LogP contribution in [0.15, 0.2) is 0 Å². The normalized spacial score (nSPS) is 20.2. The Bertz CT molecular complexity index is 318. The topological polar surface area (TPSA) is 88.1 Å². The van der Waals surface area contributed by atoms with Crippen molar-refractivity contribution in [2.24, 2.45) is 5.92 Å². The predicted octanol–water partition coefficient (Wildman–Crippen LogP) is -1.01. The number of methoxy groups -OCH3 is 2. The Morgan fingerprint density at radius 3 is 2.85 bits per heavy atom. The van der Waals surface area contributed by atoms with Crippen LogP contribution in [-0.4, -0.2) is 75.0 Å². The maximum atomic E-state index is 12.1. The Hall–Kier alpha value is -1.18. The molecular weight excluding hydrogens is 264 g/mol. The maximum Gasteiger partial charge on any atom is 0.225 e. The molecule has 20 heavy (non-hydrogen) atoms. The zero-order chi connectivity index (χ0) is 15.0. The summed E-state index contributed by atoms with van der Waals surface area (Å²) in [4.78, 5) is 25.5. The van der Waals surface area contributed by atoms with Crippen LogP contribution in [0.1, 0.15) is 12.8 Å². The van der Waals surface area contributed by atoms with Gasteiger partial charge in [-0.2, -0.15) is 0 Å². The van der Waals surface area contributed by atoms with Crippen molar-refractivity contribution >= 4 is 11.8 Å². The Morgan fingerprint density at radius 2 is 2.25 bits per heavy atom. The molecule has 2 amide bonds. The summed E-state index contributed by atoms with van der Waals surface area (Å²) >= 11 is 0. The summed E-state index contributed by atoms with van der Waals surface area (Å²) in [5.41, 5.74) is 0.